The third kappa shape index (κ3) is 6.50. The zero-order valence-electron chi connectivity index (χ0n) is 18.9. The highest BCUT2D eigenvalue weighted by Crippen LogP contribution is 2.33. The summed E-state index contributed by atoms with van der Waals surface area (Å²) in [6.07, 6.45) is -5.83. The third-order valence-corrected chi connectivity index (χ3v) is 5.80. The van der Waals surface area contributed by atoms with Crippen LogP contribution in [0.1, 0.15) is 27.6 Å². The quantitative estimate of drug-likeness (QED) is 0.249. The number of carbonyl (C=O) groups is 2. The van der Waals surface area contributed by atoms with Crippen LogP contribution in [-0.2, 0) is 15.7 Å². The molecule has 0 unspecified atom stereocenters. The van der Waals surface area contributed by atoms with E-state index in [0.29, 0.717) is 32.4 Å². The SMILES string of the molecule is O=C(O[C@H](C(=O)Nc1cc(Cl)cc(Cl)c1)c1ccccc1)c1ccccc1-c1ccc(C(F)(F)F)cc1. The van der Waals surface area contributed by atoms with E-state index in [1.54, 1.807) is 48.5 Å². The first kappa shape index (κ1) is 26.3. The third-order valence-electron chi connectivity index (χ3n) is 5.37. The number of alkyl halides is 3. The van der Waals surface area contributed by atoms with Gasteiger partial charge in [0.25, 0.3) is 5.91 Å². The van der Waals surface area contributed by atoms with Gasteiger partial charge in [0, 0.05) is 21.3 Å². The van der Waals surface area contributed by atoms with E-state index in [0.717, 1.165) is 12.1 Å². The average molecular weight is 544 g/mol. The molecule has 0 saturated carbocycles. The highest BCUT2D eigenvalue weighted by atomic mass is 35.5. The molecule has 0 bridgehead atoms. The number of nitrogens with one attached hydrogen (secondary N) is 1. The van der Waals surface area contributed by atoms with Crippen molar-refractivity contribution in [3.8, 4) is 11.1 Å². The summed E-state index contributed by atoms with van der Waals surface area (Å²) in [6.45, 7) is 0. The van der Waals surface area contributed by atoms with Crippen LogP contribution < -0.4 is 5.32 Å². The number of rotatable bonds is 6. The maximum atomic E-state index is 13.3. The number of halogens is 5. The molecule has 0 fully saturated rings. The molecule has 4 nitrogen and oxygen atoms in total. The highest BCUT2D eigenvalue weighted by molar-refractivity contribution is 6.35. The molecule has 37 heavy (non-hydrogen) atoms. The van der Waals surface area contributed by atoms with E-state index in [-0.39, 0.29) is 5.56 Å². The largest absolute Gasteiger partial charge is 0.444 e. The topological polar surface area (TPSA) is 55.4 Å². The monoisotopic (exact) mass is 543 g/mol. The Balaban J connectivity index is 1.64. The molecule has 0 aromatic heterocycles. The van der Waals surface area contributed by atoms with Crippen molar-refractivity contribution in [1.82, 2.24) is 0 Å². The van der Waals surface area contributed by atoms with Gasteiger partial charge in [0.15, 0.2) is 0 Å². The maximum absolute atomic E-state index is 13.3. The second kappa shape index (κ2) is 11.1. The Bertz CT molecular complexity index is 1400. The van der Waals surface area contributed by atoms with Gasteiger partial charge in [-0.1, -0.05) is 83.9 Å². The first-order valence-corrected chi connectivity index (χ1v) is 11.7. The zero-order chi connectivity index (χ0) is 26.6. The summed E-state index contributed by atoms with van der Waals surface area (Å²) >= 11 is 12.0. The Hall–Kier alpha value is -3.81. The molecule has 0 aliphatic rings. The van der Waals surface area contributed by atoms with E-state index in [9.17, 15) is 22.8 Å². The van der Waals surface area contributed by atoms with Gasteiger partial charge in [-0.25, -0.2) is 4.79 Å². The van der Waals surface area contributed by atoms with Crippen LogP contribution in [0.25, 0.3) is 11.1 Å². The summed E-state index contributed by atoms with van der Waals surface area (Å²) in [4.78, 5) is 26.5. The molecule has 0 radical (unpaired) electrons. The number of benzene rings is 4. The lowest BCUT2D eigenvalue weighted by Gasteiger charge is -2.19. The number of hydrogen-bond donors (Lipinski definition) is 1. The lowest BCUT2D eigenvalue weighted by Crippen LogP contribution is -2.26. The molecule has 0 heterocycles. The normalized spacial score (nSPS) is 12.0. The van der Waals surface area contributed by atoms with Crippen LogP contribution in [0, 0.1) is 0 Å². The van der Waals surface area contributed by atoms with E-state index in [1.807, 2.05) is 0 Å². The molecule has 0 aliphatic carbocycles. The van der Waals surface area contributed by atoms with Gasteiger partial charge in [0.05, 0.1) is 11.1 Å². The van der Waals surface area contributed by atoms with Gasteiger partial charge in [-0.05, 0) is 47.5 Å². The van der Waals surface area contributed by atoms with Crippen molar-refractivity contribution < 1.29 is 27.5 Å². The second-order valence-corrected chi connectivity index (χ2v) is 8.84. The average Bonchev–Trinajstić information content (AvgIpc) is 2.86. The van der Waals surface area contributed by atoms with Crippen molar-refractivity contribution in [3.63, 3.8) is 0 Å². The summed E-state index contributed by atoms with van der Waals surface area (Å²) in [7, 11) is 0. The fourth-order valence-electron chi connectivity index (χ4n) is 3.66. The van der Waals surface area contributed by atoms with Crippen LogP contribution >= 0.6 is 23.2 Å². The van der Waals surface area contributed by atoms with E-state index in [1.165, 1.54) is 36.4 Å². The molecule has 1 amide bonds. The number of hydrogen-bond acceptors (Lipinski definition) is 3. The Morgan fingerprint density at radius 3 is 2.00 bits per heavy atom. The van der Waals surface area contributed by atoms with Crippen molar-refractivity contribution >= 4 is 40.8 Å². The van der Waals surface area contributed by atoms with Gasteiger partial charge in [0.2, 0.25) is 6.10 Å². The fourth-order valence-corrected chi connectivity index (χ4v) is 4.18. The number of ether oxygens (including phenoxy) is 1. The summed E-state index contributed by atoms with van der Waals surface area (Å²) in [6, 6.07) is 23.6. The predicted octanol–water partition coefficient (Wildman–Crippen LogP) is 8.22. The lowest BCUT2D eigenvalue weighted by molar-refractivity contribution is -0.137. The van der Waals surface area contributed by atoms with Gasteiger partial charge < -0.3 is 10.1 Å². The van der Waals surface area contributed by atoms with Crippen molar-refractivity contribution in [2.45, 2.75) is 12.3 Å². The molecule has 9 heteroatoms. The molecule has 4 aromatic rings. The first-order valence-electron chi connectivity index (χ1n) is 10.9. The lowest BCUT2D eigenvalue weighted by atomic mass is 9.98. The maximum Gasteiger partial charge on any atom is 0.416 e. The number of esters is 1. The zero-order valence-corrected chi connectivity index (χ0v) is 20.4. The van der Waals surface area contributed by atoms with Crippen LogP contribution in [-0.4, -0.2) is 11.9 Å². The van der Waals surface area contributed by atoms with Gasteiger partial charge in [-0.3, -0.25) is 4.79 Å². The summed E-state index contributed by atoms with van der Waals surface area (Å²) < 4.78 is 44.6. The molecule has 188 valence electrons. The van der Waals surface area contributed by atoms with E-state index in [2.05, 4.69) is 5.32 Å². The number of anilines is 1. The highest BCUT2D eigenvalue weighted by Gasteiger charge is 2.30. The molecular weight excluding hydrogens is 526 g/mol. The first-order chi connectivity index (χ1) is 17.6. The standard InChI is InChI=1S/C28H18Cl2F3NO3/c29-20-14-21(30)16-22(15-20)34-26(35)25(18-6-2-1-3-7-18)37-27(36)24-9-5-4-8-23(24)17-10-12-19(13-11-17)28(31,32)33/h1-16,25H,(H,34,35)/t25-/m0/s1. The Morgan fingerprint density at radius 1 is 0.784 bits per heavy atom. The van der Waals surface area contributed by atoms with Gasteiger partial charge in [0.1, 0.15) is 0 Å². The number of carbonyl (C=O) groups excluding carboxylic acids is 2. The van der Waals surface area contributed by atoms with Crippen LogP contribution in [0.2, 0.25) is 10.0 Å². The predicted molar refractivity (Wildman–Crippen MR) is 137 cm³/mol. The van der Waals surface area contributed by atoms with Crippen molar-refractivity contribution in [2.24, 2.45) is 0 Å². The van der Waals surface area contributed by atoms with Gasteiger partial charge in [-0.2, -0.15) is 13.2 Å². The van der Waals surface area contributed by atoms with Crippen molar-refractivity contribution in [3.05, 3.63) is 124 Å². The molecule has 1 N–H and O–H groups in total. The van der Waals surface area contributed by atoms with E-state index in [4.69, 9.17) is 27.9 Å². The van der Waals surface area contributed by atoms with Crippen LogP contribution in [0.4, 0.5) is 18.9 Å². The minimum absolute atomic E-state index is 0.0850. The van der Waals surface area contributed by atoms with Gasteiger partial charge >= 0.3 is 12.1 Å². The molecule has 4 aromatic carbocycles. The summed E-state index contributed by atoms with van der Waals surface area (Å²) in [5.41, 5.74) is 0.739. The van der Waals surface area contributed by atoms with Crippen molar-refractivity contribution in [1.29, 1.82) is 0 Å². The second-order valence-electron chi connectivity index (χ2n) is 7.96. The Kier molecular flexibility index (Phi) is 7.86. The minimum atomic E-state index is -4.49. The van der Waals surface area contributed by atoms with Crippen molar-refractivity contribution in [2.75, 3.05) is 5.32 Å². The minimum Gasteiger partial charge on any atom is -0.444 e. The van der Waals surface area contributed by atoms with E-state index < -0.39 is 29.7 Å². The number of amides is 1. The molecule has 0 aliphatic heterocycles. The van der Waals surface area contributed by atoms with Gasteiger partial charge in [-0.15, -0.1) is 0 Å². The summed E-state index contributed by atoms with van der Waals surface area (Å²) in [5, 5.41) is 3.27. The fraction of sp³-hybridized carbons (Fsp3) is 0.0714. The van der Waals surface area contributed by atoms with Crippen LogP contribution in [0.15, 0.2) is 97.1 Å². The molecule has 0 saturated heterocycles. The molecule has 1 atom stereocenters. The Morgan fingerprint density at radius 2 is 1.38 bits per heavy atom. The van der Waals surface area contributed by atoms with Crippen LogP contribution in [0.3, 0.4) is 0 Å². The van der Waals surface area contributed by atoms with Crippen LogP contribution in [0.5, 0.6) is 0 Å². The smallest absolute Gasteiger partial charge is 0.416 e. The molecule has 0 spiro atoms. The summed E-state index contributed by atoms with van der Waals surface area (Å²) in [5.74, 6) is -1.48. The van der Waals surface area contributed by atoms with E-state index >= 15 is 0 Å². The molecule has 4 rings (SSSR count). The molecular formula is C28H18Cl2F3NO3. The Labute approximate surface area is 220 Å².